The third kappa shape index (κ3) is 6.43. The second-order valence-corrected chi connectivity index (χ2v) is 9.58. The Morgan fingerprint density at radius 2 is 1.76 bits per heavy atom. The summed E-state index contributed by atoms with van der Waals surface area (Å²) in [7, 11) is 0. The van der Waals surface area contributed by atoms with E-state index in [1.54, 1.807) is 73.7 Å². The van der Waals surface area contributed by atoms with E-state index < -0.39 is 11.9 Å². The van der Waals surface area contributed by atoms with Gasteiger partial charge in [0.05, 0.1) is 11.5 Å². The fourth-order valence-corrected chi connectivity index (χ4v) is 4.86. The number of ether oxygens (including phenoxy) is 2. The van der Waals surface area contributed by atoms with Crippen LogP contribution < -0.4 is 4.74 Å². The smallest absolute Gasteiger partial charge is 0.344 e. The number of thioether (sulfide) groups is 1. The molecule has 0 aromatic heterocycles. The first-order valence-electron chi connectivity index (χ1n) is 11.2. The normalized spacial score (nSPS) is 15.3. The van der Waals surface area contributed by atoms with Crippen molar-refractivity contribution in [2.45, 2.75) is 13.5 Å². The molecule has 6 nitrogen and oxygen atoms in total. The van der Waals surface area contributed by atoms with Gasteiger partial charge in [0.15, 0.2) is 0 Å². The summed E-state index contributed by atoms with van der Waals surface area (Å²) in [5.41, 5.74) is 1.59. The van der Waals surface area contributed by atoms with Gasteiger partial charge in [-0.2, -0.15) is 0 Å². The van der Waals surface area contributed by atoms with Gasteiger partial charge in [0.2, 0.25) is 0 Å². The van der Waals surface area contributed by atoms with Crippen LogP contribution in [0.5, 0.6) is 5.75 Å². The van der Waals surface area contributed by atoms with Gasteiger partial charge in [-0.1, -0.05) is 77.4 Å². The Morgan fingerprint density at radius 1 is 1.03 bits per heavy atom. The molecule has 3 aromatic carbocycles. The van der Waals surface area contributed by atoms with Gasteiger partial charge in [-0.3, -0.25) is 4.79 Å². The third-order valence-corrected chi connectivity index (χ3v) is 6.80. The topological polar surface area (TPSA) is 85.2 Å². The van der Waals surface area contributed by atoms with E-state index in [0.717, 1.165) is 17.3 Å². The molecule has 0 fully saturated rings. The Kier molecular flexibility index (Phi) is 8.71. The van der Waals surface area contributed by atoms with Gasteiger partial charge in [0.1, 0.15) is 28.7 Å². The van der Waals surface area contributed by atoms with Gasteiger partial charge >= 0.3 is 5.97 Å². The number of benzene rings is 3. The van der Waals surface area contributed by atoms with Crippen molar-refractivity contribution in [2.75, 3.05) is 6.61 Å². The van der Waals surface area contributed by atoms with Gasteiger partial charge < -0.3 is 14.6 Å². The number of rotatable bonds is 7. The van der Waals surface area contributed by atoms with E-state index in [4.69, 9.17) is 32.7 Å². The Balaban J connectivity index is 1.65. The van der Waals surface area contributed by atoms with Crippen LogP contribution in [0.25, 0.3) is 6.08 Å². The lowest BCUT2D eigenvalue weighted by Crippen LogP contribution is -2.14. The molecule has 1 N–H and O–H groups in total. The molecule has 1 aliphatic heterocycles. The van der Waals surface area contributed by atoms with Crippen molar-refractivity contribution in [3.8, 4) is 5.75 Å². The molecule has 37 heavy (non-hydrogen) atoms. The summed E-state index contributed by atoms with van der Waals surface area (Å²) in [6.07, 6.45) is 1.66. The molecule has 1 heterocycles. The maximum atomic E-state index is 12.7. The van der Waals surface area contributed by atoms with Crippen molar-refractivity contribution in [3.63, 3.8) is 0 Å². The minimum absolute atomic E-state index is 0.0578. The van der Waals surface area contributed by atoms with Crippen LogP contribution in [0.3, 0.4) is 0 Å². The Bertz CT molecular complexity index is 1430. The molecule has 0 saturated heterocycles. The van der Waals surface area contributed by atoms with E-state index in [-0.39, 0.29) is 29.6 Å². The highest BCUT2D eigenvalue weighted by Crippen LogP contribution is 2.40. The highest BCUT2D eigenvalue weighted by Gasteiger charge is 2.34. The number of hydrogen-bond acceptors (Lipinski definition) is 6. The first-order chi connectivity index (χ1) is 17.9. The molecule has 3 aromatic rings. The number of carbonyl (C=O) groups is 2. The quantitative estimate of drug-likeness (QED) is 0.309. The van der Waals surface area contributed by atoms with Crippen LogP contribution in [0.2, 0.25) is 10.0 Å². The molecular weight excluding hydrogens is 533 g/mol. The summed E-state index contributed by atoms with van der Waals surface area (Å²) in [6, 6.07) is 20.8. The molecule has 9 heteroatoms. The van der Waals surface area contributed by atoms with Crippen molar-refractivity contribution in [1.29, 1.82) is 0 Å². The number of halogens is 2. The maximum absolute atomic E-state index is 12.7. The van der Waals surface area contributed by atoms with Gasteiger partial charge in [0.25, 0.3) is 5.91 Å². The molecule has 0 unspecified atom stereocenters. The Morgan fingerprint density at radius 3 is 2.49 bits per heavy atom. The predicted octanol–water partition coefficient (Wildman–Crippen LogP) is 7.27. The molecule has 188 valence electrons. The summed E-state index contributed by atoms with van der Waals surface area (Å²) in [6.45, 7) is 1.95. The van der Waals surface area contributed by atoms with Crippen LogP contribution in [0, 0.1) is 0 Å². The number of amides is 1. The van der Waals surface area contributed by atoms with Gasteiger partial charge in [-0.15, -0.1) is 0 Å². The molecule has 0 spiro atoms. The molecule has 0 radical (unpaired) electrons. The minimum atomic E-state index is -0.766. The summed E-state index contributed by atoms with van der Waals surface area (Å²) >= 11 is 13.2. The highest BCUT2D eigenvalue weighted by atomic mass is 35.5. The SMILES string of the molecule is CCOC(=O)C1=C(O)C(=Cc2ccccc2OCc2ccc(Cl)cc2Cl)SC1=NC(=O)c1ccccc1. The zero-order chi connectivity index (χ0) is 26.4. The van der Waals surface area contributed by atoms with E-state index in [0.29, 0.717) is 31.8 Å². The van der Waals surface area contributed by atoms with Crippen molar-refractivity contribution in [3.05, 3.63) is 116 Å². The second-order valence-electron chi connectivity index (χ2n) is 7.71. The summed E-state index contributed by atoms with van der Waals surface area (Å²) in [5.74, 6) is -1.10. The minimum Gasteiger partial charge on any atom is -0.506 e. The number of hydrogen-bond donors (Lipinski definition) is 1. The first-order valence-corrected chi connectivity index (χ1v) is 12.8. The average molecular weight is 554 g/mol. The monoisotopic (exact) mass is 553 g/mol. The summed E-state index contributed by atoms with van der Waals surface area (Å²) < 4.78 is 11.1. The lowest BCUT2D eigenvalue weighted by atomic mass is 10.1. The number of para-hydroxylation sites is 1. The standard InChI is InChI=1S/C28H21Cl2NO5S/c1-2-35-28(34)24-25(32)23(37-27(24)31-26(33)17-8-4-3-5-9-17)14-18-10-6-7-11-22(18)36-16-19-12-13-20(29)15-21(19)30/h3-15,32H,2,16H2,1H3. The molecule has 0 saturated carbocycles. The lowest BCUT2D eigenvalue weighted by molar-refractivity contribution is -0.138. The van der Waals surface area contributed by atoms with Gasteiger partial charge in [-0.05, 0) is 43.3 Å². The zero-order valence-corrected chi connectivity index (χ0v) is 21.9. The van der Waals surface area contributed by atoms with E-state index in [9.17, 15) is 14.7 Å². The Hall–Kier alpha value is -3.52. The van der Waals surface area contributed by atoms with Crippen molar-refractivity contribution in [1.82, 2.24) is 0 Å². The molecule has 4 rings (SSSR count). The van der Waals surface area contributed by atoms with Crippen molar-refractivity contribution < 1.29 is 24.2 Å². The molecule has 1 amide bonds. The van der Waals surface area contributed by atoms with Crippen LogP contribution in [0.1, 0.15) is 28.4 Å². The van der Waals surface area contributed by atoms with Crippen molar-refractivity contribution in [2.24, 2.45) is 4.99 Å². The average Bonchev–Trinajstić information content (AvgIpc) is 3.19. The number of esters is 1. The molecule has 0 bridgehead atoms. The zero-order valence-electron chi connectivity index (χ0n) is 19.6. The highest BCUT2D eigenvalue weighted by molar-refractivity contribution is 8.18. The van der Waals surface area contributed by atoms with Crippen molar-refractivity contribution >= 4 is 58.0 Å². The summed E-state index contributed by atoms with van der Waals surface area (Å²) in [5, 5.41) is 12.0. The third-order valence-electron chi connectivity index (χ3n) is 5.20. The van der Waals surface area contributed by atoms with Crippen LogP contribution in [-0.2, 0) is 16.1 Å². The summed E-state index contributed by atoms with van der Waals surface area (Å²) in [4.78, 5) is 29.8. The van der Waals surface area contributed by atoms with Gasteiger partial charge in [-0.25, -0.2) is 9.79 Å². The van der Waals surface area contributed by atoms with E-state index >= 15 is 0 Å². The van der Waals surface area contributed by atoms with Crippen LogP contribution in [0.15, 0.2) is 94.0 Å². The van der Waals surface area contributed by atoms with Gasteiger partial charge in [0, 0.05) is 26.7 Å². The van der Waals surface area contributed by atoms with Crippen LogP contribution >= 0.6 is 35.0 Å². The maximum Gasteiger partial charge on any atom is 0.344 e. The van der Waals surface area contributed by atoms with Crippen LogP contribution in [-0.4, -0.2) is 28.6 Å². The number of carbonyl (C=O) groups excluding carboxylic acids is 2. The number of aliphatic imine (C=N–C) groups is 1. The van der Waals surface area contributed by atoms with E-state index in [1.807, 2.05) is 12.1 Å². The largest absolute Gasteiger partial charge is 0.506 e. The fourth-order valence-electron chi connectivity index (χ4n) is 3.40. The molecule has 0 aliphatic carbocycles. The first kappa shape index (κ1) is 26.5. The second kappa shape index (κ2) is 12.1. The Labute approximate surface area is 228 Å². The van der Waals surface area contributed by atoms with E-state index in [1.165, 1.54) is 0 Å². The molecule has 1 aliphatic rings. The lowest BCUT2D eigenvalue weighted by Gasteiger charge is -2.11. The predicted molar refractivity (Wildman–Crippen MR) is 147 cm³/mol. The number of aliphatic hydroxyl groups is 1. The van der Waals surface area contributed by atoms with Crippen LogP contribution in [0.4, 0.5) is 0 Å². The number of nitrogens with zero attached hydrogens (tertiary/aromatic N) is 1. The molecule has 0 atom stereocenters. The van der Waals surface area contributed by atoms with E-state index in [2.05, 4.69) is 4.99 Å². The molecular formula is C28H21Cl2NO5S. The number of aliphatic hydroxyl groups excluding tert-OH is 1. The fraction of sp³-hybridized carbons (Fsp3) is 0.107.